The molecule has 5 nitrogen and oxygen atoms in total. The molecule has 4 aromatic rings. The molecule has 0 fully saturated rings. The van der Waals surface area contributed by atoms with E-state index in [9.17, 15) is 4.79 Å². The Labute approximate surface area is 150 Å². The van der Waals surface area contributed by atoms with Gasteiger partial charge in [0.15, 0.2) is 0 Å². The fraction of sp³-hybridized carbons (Fsp3) is 0.0476. The molecule has 0 unspecified atom stereocenters. The second-order valence-corrected chi connectivity index (χ2v) is 5.83. The largest absolute Gasteiger partial charge is 0.497 e. The molecule has 5 heteroatoms. The molecule has 0 bridgehead atoms. The quantitative estimate of drug-likeness (QED) is 0.601. The summed E-state index contributed by atoms with van der Waals surface area (Å²) < 4.78 is 7.12. The van der Waals surface area contributed by atoms with Crippen molar-refractivity contribution < 1.29 is 9.53 Å². The van der Waals surface area contributed by atoms with Gasteiger partial charge in [-0.25, -0.2) is 4.98 Å². The summed E-state index contributed by atoms with van der Waals surface area (Å²) in [5, 5.41) is 2.88. The van der Waals surface area contributed by atoms with Gasteiger partial charge >= 0.3 is 0 Å². The molecule has 128 valence electrons. The summed E-state index contributed by atoms with van der Waals surface area (Å²) in [6, 6.07) is 22.6. The summed E-state index contributed by atoms with van der Waals surface area (Å²) in [6.45, 7) is 0. The van der Waals surface area contributed by atoms with E-state index in [2.05, 4.69) is 10.3 Å². The Kier molecular flexibility index (Phi) is 4.11. The highest BCUT2D eigenvalue weighted by Gasteiger charge is 2.08. The van der Waals surface area contributed by atoms with Crippen molar-refractivity contribution in [3.63, 3.8) is 0 Å². The number of carbonyl (C=O) groups is 1. The number of rotatable bonds is 4. The van der Waals surface area contributed by atoms with Gasteiger partial charge in [0.2, 0.25) is 0 Å². The fourth-order valence-corrected chi connectivity index (χ4v) is 2.82. The maximum atomic E-state index is 12.4. The van der Waals surface area contributed by atoms with Crippen molar-refractivity contribution in [2.45, 2.75) is 0 Å². The summed E-state index contributed by atoms with van der Waals surface area (Å²) in [7, 11) is 1.61. The maximum Gasteiger partial charge on any atom is 0.255 e. The summed E-state index contributed by atoms with van der Waals surface area (Å²) in [5.41, 5.74) is 4.24. The van der Waals surface area contributed by atoms with E-state index in [1.165, 1.54) is 0 Å². The second kappa shape index (κ2) is 6.72. The minimum Gasteiger partial charge on any atom is -0.497 e. The van der Waals surface area contributed by atoms with E-state index in [-0.39, 0.29) is 5.91 Å². The van der Waals surface area contributed by atoms with Gasteiger partial charge in [0.1, 0.15) is 12.1 Å². The first kappa shape index (κ1) is 15.9. The average molecular weight is 343 g/mol. The summed E-state index contributed by atoms with van der Waals surface area (Å²) in [6.07, 6.45) is 1.79. The molecule has 1 N–H and O–H groups in total. The summed E-state index contributed by atoms with van der Waals surface area (Å²) >= 11 is 0. The standard InChI is InChI=1S/C21H17N3O2/c1-26-18-12-8-16(9-13-18)23-21(25)15-6-10-17(11-7-15)24-14-22-19-4-2-3-5-20(19)24/h2-14H,1H3,(H,23,25). The lowest BCUT2D eigenvalue weighted by atomic mass is 10.2. The van der Waals surface area contributed by atoms with E-state index in [0.29, 0.717) is 5.56 Å². The Bertz CT molecular complexity index is 1050. The molecule has 1 heterocycles. The second-order valence-electron chi connectivity index (χ2n) is 5.83. The summed E-state index contributed by atoms with van der Waals surface area (Å²) in [5.74, 6) is 0.595. The number of carbonyl (C=O) groups excluding carboxylic acids is 1. The predicted octanol–water partition coefficient (Wildman–Crippen LogP) is 4.29. The zero-order chi connectivity index (χ0) is 17.9. The van der Waals surface area contributed by atoms with E-state index < -0.39 is 0 Å². The van der Waals surface area contributed by atoms with Crippen molar-refractivity contribution in [2.24, 2.45) is 0 Å². The number of para-hydroxylation sites is 2. The van der Waals surface area contributed by atoms with Gasteiger partial charge in [0.25, 0.3) is 5.91 Å². The highest BCUT2D eigenvalue weighted by molar-refractivity contribution is 6.04. The number of methoxy groups -OCH3 is 1. The van der Waals surface area contributed by atoms with Crippen LogP contribution in [0.1, 0.15) is 10.4 Å². The third kappa shape index (κ3) is 3.02. The molecule has 0 aliphatic carbocycles. The van der Waals surface area contributed by atoms with Crippen LogP contribution >= 0.6 is 0 Å². The number of benzene rings is 3. The Balaban J connectivity index is 1.54. The molecule has 0 aliphatic rings. The van der Waals surface area contributed by atoms with Crippen LogP contribution in [-0.4, -0.2) is 22.6 Å². The first-order valence-corrected chi connectivity index (χ1v) is 8.22. The molecule has 0 saturated carbocycles. The number of hydrogen-bond donors (Lipinski definition) is 1. The lowest BCUT2D eigenvalue weighted by molar-refractivity contribution is 0.102. The van der Waals surface area contributed by atoms with Crippen molar-refractivity contribution in [1.29, 1.82) is 0 Å². The zero-order valence-electron chi connectivity index (χ0n) is 14.2. The molecule has 4 rings (SSSR count). The Morgan fingerprint density at radius 3 is 2.42 bits per heavy atom. The van der Waals surface area contributed by atoms with Gasteiger partial charge in [-0.1, -0.05) is 12.1 Å². The van der Waals surface area contributed by atoms with E-state index in [0.717, 1.165) is 28.2 Å². The van der Waals surface area contributed by atoms with Gasteiger partial charge in [-0.15, -0.1) is 0 Å². The molecular formula is C21H17N3O2. The van der Waals surface area contributed by atoms with Crippen LogP contribution in [0.3, 0.4) is 0 Å². The molecular weight excluding hydrogens is 326 g/mol. The number of imidazole rings is 1. The topological polar surface area (TPSA) is 56.1 Å². The third-order valence-electron chi connectivity index (χ3n) is 4.21. The van der Waals surface area contributed by atoms with Gasteiger partial charge in [0, 0.05) is 16.9 Å². The van der Waals surface area contributed by atoms with Crippen molar-refractivity contribution in [3.8, 4) is 11.4 Å². The predicted molar refractivity (Wildman–Crippen MR) is 102 cm³/mol. The number of fused-ring (bicyclic) bond motifs is 1. The van der Waals surface area contributed by atoms with Crippen LogP contribution in [-0.2, 0) is 0 Å². The molecule has 1 amide bonds. The van der Waals surface area contributed by atoms with Crippen molar-refractivity contribution in [2.75, 3.05) is 12.4 Å². The maximum absolute atomic E-state index is 12.4. The third-order valence-corrected chi connectivity index (χ3v) is 4.21. The van der Waals surface area contributed by atoms with Gasteiger partial charge in [0.05, 0.1) is 18.1 Å². The smallest absolute Gasteiger partial charge is 0.255 e. The normalized spacial score (nSPS) is 10.7. The van der Waals surface area contributed by atoms with Crippen LogP contribution in [0.15, 0.2) is 79.1 Å². The molecule has 1 aromatic heterocycles. The van der Waals surface area contributed by atoms with E-state index in [4.69, 9.17) is 4.74 Å². The van der Waals surface area contributed by atoms with Crippen LogP contribution < -0.4 is 10.1 Å². The van der Waals surface area contributed by atoms with Gasteiger partial charge in [-0.2, -0.15) is 0 Å². The van der Waals surface area contributed by atoms with Crippen LogP contribution in [0.2, 0.25) is 0 Å². The number of nitrogens with one attached hydrogen (secondary N) is 1. The number of ether oxygens (including phenoxy) is 1. The number of aromatic nitrogens is 2. The Morgan fingerprint density at radius 2 is 1.69 bits per heavy atom. The van der Waals surface area contributed by atoms with E-state index in [1.807, 2.05) is 77.4 Å². The number of anilines is 1. The number of amides is 1. The van der Waals surface area contributed by atoms with E-state index in [1.54, 1.807) is 13.4 Å². The van der Waals surface area contributed by atoms with Crippen LogP contribution in [0.25, 0.3) is 16.7 Å². The Morgan fingerprint density at radius 1 is 0.962 bits per heavy atom. The molecule has 0 spiro atoms. The minimum atomic E-state index is -0.155. The lowest BCUT2D eigenvalue weighted by Gasteiger charge is -2.08. The van der Waals surface area contributed by atoms with Crippen molar-refractivity contribution in [1.82, 2.24) is 9.55 Å². The SMILES string of the molecule is COc1ccc(NC(=O)c2ccc(-n3cnc4ccccc43)cc2)cc1. The zero-order valence-corrected chi connectivity index (χ0v) is 14.2. The fourth-order valence-electron chi connectivity index (χ4n) is 2.82. The molecule has 3 aromatic carbocycles. The molecule has 0 atom stereocenters. The van der Waals surface area contributed by atoms with Gasteiger partial charge in [-0.05, 0) is 60.7 Å². The van der Waals surface area contributed by atoms with Crippen LogP contribution in [0.4, 0.5) is 5.69 Å². The lowest BCUT2D eigenvalue weighted by Crippen LogP contribution is -2.11. The molecule has 26 heavy (non-hydrogen) atoms. The number of hydrogen-bond acceptors (Lipinski definition) is 3. The van der Waals surface area contributed by atoms with Crippen molar-refractivity contribution in [3.05, 3.63) is 84.7 Å². The van der Waals surface area contributed by atoms with Gasteiger partial charge in [-0.3, -0.25) is 9.36 Å². The van der Waals surface area contributed by atoms with Crippen LogP contribution in [0, 0.1) is 0 Å². The first-order chi connectivity index (χ1) is 12.7. The molecule has 0 radical (unpaired) electrons. The molecule has 0 aliphatic heterocycles. The monoisotopic (exact) mass is 343 g/mol. The average Bonchev–Trinajstić information content (AvgIpc) is 3.13. The first-order valence-electron chi connectivity index (χ1n) is 8.22. The Hall–Kier alpha value is -3.60. The van der Waals surface area contributed by atoms with Crippen LogP contribution in [0.5, 0.6) is 5.75 Å². The number of nitrogens with zero attached hydrogens (tertiary/aromatic N) is 2. The minimum absolute atomic E-state index is 0.155. The molecule has 0 saturated heterocycles. The van der Waals surface area contributed by atoms with Gasteiger partial charge < -0.3 is 10.1 Å². The van der Waals surface area contributed by atoms with Crippen molar-refractivity contribution >= 4 is 22.6 Å². The van der Waals surface area contributed by atoms with E-state index >= 15 is 0 Å². The highest BCUT2D eigenvalue weighted by atomic mass is 16.5. The summed E-state index contributed by atoms with van der Waals surface area (Å²) in [4.78, 5) is 16.8. The highest BCUT2D eigenvalue weighted by Crippen LogP contribution is 2.19.